The third-order valence-electron chi connectivity index (χ3n) is 3.84. The maximum atomic E-state index is 13.1. The van der Waals surface area contributed by atoms with Crippen LogP contribution < -0.4 is 5.32 Å². The van der Waals surface area contributed by atoms with Crippen LogP contribution in [0.2, 0.25) is 0 Å². The number of hydrogen-bond donors (Lipinski definition) is 1. The first kappa shape index (κ1) is 15.6. The Morgan fingerprint density at radius 3 is 2.74 bits per heavy atom. The molecular formula is C16H17F2N3O2. The summed E-state index contributed by atoms with van der Waals surface area (Å²) in [6.45, 7) is 2.72. The zero-order chi connectivity index (χ0) is 16.4. The van der Waals surface area contributed by atoms with Gasteiger partial charge in [0.1, 0.15) is 23.1 Å². The highest BCUT2D eigenvalue weighted by atomic mass is 19.1. The minimum atomic E-state index is -0.725. The molecule has 0 aliphatic carbocycles. The lowest BCUT2D eigenvalue weighted by molar-refractivity contribution is -0.117. The van der Waals surface area contributed by atoms with Gasteiger partial charge in [-0.2, -0.15) is 0 Å². The van der Waals surface area contributed by atoms with Crippen LogP contribution in [0.1, 0.15) is 30.3 Å². The number of nitrogens with one attached hydrogen (secondary N) is 1. The molecule has 1 aromatic heterocycles. The Labute approximate surface area is 132 Å². The fourth-order valence-corrected chi connectivity index (χ4v) is 2.90. The highest BCUT2D eigenvalue weighted by molar-refractivity contribution is 5.92. The van der Waals surface area contributed by atoms with Crippen molar-refractivity contribution < 1.29 is 18.1 Å². The number of anilines is 1. The van der Waals surface area contributed by atoms with Crippen molar-refractivity contribution in [2.45, 2.75) is 25.8 Å². The van der Waals surface area contributed by atoms with E-state index in [0.717, 1.165) is 49.0 Å². The second-order valence-electron chi connectivity index (χ2n) is 5.70. The second kappa shape index (κ2) is 6.45. The highest BCUT2D eigenvalue weighted by Gasteiger charge is 2.29. The van der Waals surface area contributed by atoms with Crippen molar-refractivity contribution in [2.24, 2.45) is 0 Å². The summed E-state index contributed by atoms with van der Waals surface area (Å²) in [6, 6.07) is 4.83. The quantitative estimate of drug-likeness (QED) is 0.940. The molecular weight excluding hydrogens is 304 g/mol. The van der Waals surface area contributed by atoms with Gasteiger partial charge in [0.25, 0.3) is 0 Å². The number of halogens is 2. The van der Waals surface area contributed by atoms with Gasteiger partial charge in [-0.15, -0.1) is 0 Å². The maximum Gasteiger partial charge on any atom is 0.238 e. The Kier molecular flexibility index (Phi) is 4.38. The van der Waals surface area contributed by atoms with Gasteiger partial charge in [-0.1, -0.05) is 5.16 Å². The van der Waals surface area contributed by atoms with E-state index in [2.05, 4.69) is 10.5 Å². The molecule has 1 atom stereocenters. The zero-order valence-corrected chi connectivity index (χ0v) is 12.7. The lowest BCUT2D eigenvalue weighted by Gasteiger charge is -2.21. The molecule has 1 amide bonds. The largest absolute Gasteiger partial charge is 0.361 e. The number of benzene rings is 1. The first-order valence-corrected chi connectivity index (χ1v) is 7.44. The molecule has 0 saturated carbocycles. The van der Waals surface area contributed by atoms with Crippen LogP contribution in [-0.2, 0) is 4.79 Å². The summed E-state index contributed by atoms with van der Waals surface area (Å²) < 4.78 is 31.4. The molecule has 1 N–H and O–H groups in total. The molecule has 2 heterocycles. The number of carbonyl (C=O) groups is 1. The van der Waals surface area contributed by atoms with Crippen LogP contribution in [-0.4, -0.2) is 29.1 Å². The predicted molar refractivity (Wildman–Crippen MR) is 79.8 cm³/mol. The summed E-state index contributed by atoms with van der Waals surface area (Å²) in [6.07, 6.45) is 1.85. The van der Waals surface area contributed by atoms with Crippen molar-refractivity contribution in [1.29, 1.82) is 0 Å². The molecule has 1 aliphatic rings. The number of amides is 1. The normalized spacial score (nSPS) is 18.3. The smallest absolute Gasteiger partial charge is 0.238 e. The number of carbonyl (C=O) groups excluding carboxylic acids is 1. The standard InChI is InChI=1S/C16H17F2N3O2/c1-10-5-14(20-23-10)15-3-2-4-21(15)9-16(22)19-13-7-11(17)6-12(18)8-13/h5-8,15H,2-4,9H2,1H3,(H,19,22)/t15-/m0/s1. The van der Waals surface area contributed by atoms with Crippen LogP contribution in [0.5, 0.6) is 0 Å². The maximum absolute atomic E-state index is 13.1. The minimum Gasteiger partial charge on any atom is -0.361 e. The molecule has 0 bridgehead atoms. The van der Waals surface area contributed by atoms with Crippen molar-refractivity contribution in [2.75, 3.05) is 18.4 Å². The molecule has 0 unspecified atom stereocenters. The van der Waals surface area contributed by atoms with Crippen LogP contribution in [0.25, 0.3) is 0 Å². The number of hydrogen-bond acceptors (Lipinski definition) is 4. The van der Waals surface area contributed by atoms with E-state index in [-0.39, 0.29) is 24.2 Å². The van der Waals surface area contributed by atoms with Gasteiger partial charge in [-0.25, -0.2) is 8.78 Å². The van der Waals surface area contributed by atoms with Gasteiger partial charge in [0, 0.05) is 17.8 Å². The Morgan fingerprint density at radius 2 is 2.09 bits per heavy atom. The van der Waals surface area contributed by atoms with Crippen molar-refractivity contribution >= 4 is 11.6 Å². The lowest BCUT2D eigenvalue weighted by atomic mass is 10.1. The summed E-state index contributed by atoms with van der Waals surface area (Å²) in [5.74, 6) is -1.04. The Morgan fingerprint density at radius 1 is 1.35 bits per heavy atom. The Balaban J connectivity index is 1.64. The highest BCUT2D eigenvalue weighted by Crippen LogP contribution is 2.31. The molecule has 1 aliphatic heterocycles. The number of likely N-dealkylation sites (tertiary alicyclic amines) is 1. The van der Waals surface area contributed by atoms with E-state index in [0.29, 0.717) is 0 Å². The molecule has 122 valence electrons. The number of nitrogens with zero attached hydrogens (tertiary/aromatic N) is 2. The van der Waals surface area contributed by atoms with Crippen LogP contribution in [0, 0.1) is 18.6 Å². The van der Waals surface area contributed by atoms with Gasteiger partial charge in [-0.3, -0.25) is 9.69 Å². The third kappa shape index (κ3) is 3.73. The van der Waals surface area contributed by atoms with E-state index < -0.39 is 11.6 Å². The minimum absolute atomic E-state index is 0.0300. The van der Waals surface area contributed by atoms with Crippen LogP contribution in [0.4, 0.5) is 14.5 Å². The summed E-state index contributed by atoms with van der Waals surface area (Å²) >= 11 is 0. The van der Waals surface area contributed by atoms with Gasteiger partial charge in [-0.05, 0) is 38.4 Å². The van der Waals surface area contributed by atoms with Crippen LogP contribution in [0.3, 0.4) is 0 Å². The lowest BCUT2D eigenvalue weighted by Crippen LogP contribution is -2.33. The molecule has 2 aromatic rings. The van der Waals surface area contributed by atoms with Crippen molar-refractivity contribution in [3.8, 4) is 0 Å². The molecule has 3 rings (SSSR count). The molecule has 1 saturated heterocycles. The summed E-state index contributed by atoms with van der Waals surface area (Å²) in [5, 5.41) is 6.54. The van der Waals surface area contributed by atoms with Crippen molar-refractivity contribution in [1.82, 2.24) is 10.1 Å². The first-order valence-electron chi connectivity index (χ1n) is 7.44. The Bertz CT molecular complexity index is 697. The van der Waals surface area contributed by atoms with Gasteiger partial charge < -0.3 is 9.84 Å². The number of rotatable bonds is 4. The third-order valence-corrected chi connectivity index (χ3v) is 3.84. The average Bonchev–Trinajstić information content (AvgIpc) is 3.06. The van der Waals surface area contributed by atoms with Gasteiger partial charge in [0.15, 0.2) is 0 Å². The van der Waals surface area contributed by atoms with Gasteiger partial charge >= 0.3 is 0 Å². The number of aryl methyl sites for hydroxylation is 1. The van der Waals surface area contributed by atoms with Gasteiger partial charge in [0.2, 0.25) is 5.91 Å². The van der Waals surface area contributed by atoms with Crippen molar-refractivity contribution in [3.63, 3.8) is 0 Å². The van der Waals surface area contributed by atoms with E-state index in [9.17, 15) is 13.6 Å². The topological polar surface area (TPSA) is 58.4 Å². The second-order valence-corrected chi connectivity index (χ2v) is 5.70. The fourth-order valence-electron chi connectivity index (χ4n) is 2.90. The first-order chi connectivity index (χ1) is 11.0. The van der Waals surface area contributed by atoms with E-state index in [1.807, 2.05) is 17.9 Å². The monoisotopic (exact) mass is 321 g/mol. The molecule has 0 spiro atoms. The van der Waals surface area contributed by atoms with E-state index in [1.165, 1.54) is 0 Å². The number of aromatic nitrogens is 1. The van der Waals surface area contributed by atoms with E-state index >= 15 is 0 Å². The SMILES string of the molecule is Cc1cc([C@@H]2CCCN2CC(=O)Nc2cc(F)cc(F)c2)no1. The van der Waals surface area contributed by atoms with E-state index in [4.69, 9.17) is 4.52 Å². The van der Waals surface area contributed by atoms with E-state index in [1.54, 1.807) is 0 Å². The molecule has 0 radical (unpaired) electrons. The summed E-state index contributed by atoms with van der Waals surface area (Å²) in [7, 11) is 0. The molecule has 1 fully saturated rings. The van der Waals surface area contributed by atoms with Crippen molar-refractivity contribution in [3.05, 3.63) is 47.4 Å². The fraction of sp³-hybridized carbons (Fsp3) is 0.375. The van der Waals surface area contributed by atoms with Crippen LogP contribution >= 0.6 is 0 Å². The van der Waals surface area contributed by atoms with Gasteiger partial charge in [0.05, 0.1) is 12.6 Å². The predicted octanol–water partition coefficient (Wildman–Crippen LogP) is 3.04. The molecule has 1 aromatic carbocycles. The molecule has 7 heteroatoms. The Hall–Kier alpha value is -2.28. The summed E-state index contributed by atoms with van der Waals surface area (Å²) in [4.78, 5) is 14.1. The molecule has 5 nitrogen and oxygen atoms in total. The molecule has 23 heavy (non-hydrogen) atoms. The summed E-state index contributed by atoms with van der Waals surface area (Å²) in [5.41, 5.74) is 0.921. The van der Waals surface area contributed by atoms with Crippen LogP contribution in [0.15, 0.2) is 28.8 Å². The zero-order valence-electron chi connectivity index (χ0n) is 12.7. The average molecular weight is 321 g/mol.